The van der Waals surface area contributed by atoms with Crippen LogP contribution in [0.1, 0.15) is 42.1 Å². The van der Waals surface area contributed by atoms with Gasteiger partial charge in [0.1, 0.15) is 0 Å². The van der Waals surface area contributed by atoms with Crippen LogP contribution in [0.5, 0.6) is 0 Å². The van der Waals surface area contributed by atoms with Crippen LogP contribution >= 0.6 is 23.2 Å². The number of hydrogen-bond acceptors (Lipinski definition) is 4. The van der Waals surface area contributed by atoms with Gasteiger partial charge in [0, 0.05) is 10.0 Å². The van der Waals surface area contributed by atoms with E-state index in [1.807, 2.05) is 12.1 Å². The van der Waals surface area contributed by atoms with Crippen molar-refractivity contribution in [3.05, 3.63) is 111 Å². The number of carbonyl (C=O) groups is 1. The normalized spacial score (nSPS) is 18.7. The van der Waals surface area contributed by atoms with Gasteiger partial charge in [-0.3, -0.25) is 0 Å². The second kappa shape index (κ2) is 10.5. The van der Waals surface area contributed by atoms with Gasteiger partial charge in [0.25, 0.3) is 0 Å². The Bertz CT molecular complexity index is 1370. The molecule has 1 heterocycles. The largest absolute Gasteiger partial charge is 0.463 e. The zero-order valence-electron chi connectivity index (χ0n) is 19.3. The maximum atomic E-state index is 14.3. The number of rotatable bonds is 6. The Hall–Kier alpha value is -2.64. The summed E-state index contributed by atoms with van der Waals surface area (Å²) in [6.07, 6.45) is 2.06. The van der Waals surface area contributed by atoms with Gasteiger partial charge < -0.3 is 4.74 Å². The van der Waals surface area contributed by atoms with Gasteiger partial charge in [-0.25, -0.2) is 13.2 Å². The molecule has 0 bridgehead atoms. The van der Waals surface area contributed by atoms with Gasteiger partial charge >= 0.3 is 5.97 Å². The van der Waals surface area contributed by atoms with Gasteiger partial charge in [0.05, 0.1) is 29.2 Å². The number of aryl methyl sites for hydroxylation is 1. The van der Waals surface area contributed by atoms with E-state index in [1.165, 1.54) is 4.31 Å². The Balaban J connectivity index is 1.99. The summed E-state index contributed by atoms with van der Waals surface area (Å²) in [7, 11) is -4.08. The molecular weight excluding hydrogens is 505 g/mol. The summed E-state index contributed by atoms with van der Waals surface area (Å²) in [5.41, 5.74) is 2.21. The van der Waals surface area contributed by atoms with Crippen LogP contribution in [0.15, 0.2) is 89.3 Å². The summed E-state index contributed by atoms with van der Waals surface area (Å²) in [4.78, 5) is 13.2. The molecule has 8 heteroatoms. The maximum absolute atomic E-state index is 14.3. The Morgan fingerprint density at radius 2 is 1.69 bits per heavy atom. The topological polar surface area (TPSA) is 63.7 Å². The molecular formula is C27H25Cl2NO4S. The molecule has 0 amide bonds. The molecule has 0 spiro atoms. The van der Waals surface area contributed by atoms with Crippen molar-refractivity contribution in [1.29, 1.82) is 0 Å². The zero-order valence-corrected chi connectivity index (χ0v) is 21.6. The van der Waals surface area contributed by atoms with E-state index in [9.17, 15) is 13.2 Å². The molecule has 0 N–H and O–H groups in total. The average Bonchev–Trinajstić information content (AvgIpc) is 2.84. The van der Waals surface area contributed by atoms with Gasteiger partial charge in [-0.05, 0) is 67.3 Å². The highest BCUT2D eigenvalue weighted by atomic mass is 35.5. The van der Waals surface area contributed by atoms with E-state index in [-0.39, 0.29) is 23.5 Å². The lowest BCUT2D eigenvalue weighted by atomic mass is 9.89. The molecule has 3 aromatic rings. The molecule has 0 radical (unpaired) electrons. The molecule has 5 nitrogen and oxygen atoms in total. The summed E-state index contributed by atoms with van der Waals surface area (Å²) < 4.78 is 35.4. The van der Waals surface area contributed by atoms with Crippen LogP contribution in [0.25, 0.3) is 0 Å². The Kier molecular flexibility index (Phi) is 7.67. The number of esters is 1. The molecule has 0 aliphatic carbocycles. The predicted molar refractivity (Wildman–Crippen MR) is 138 cm³/mol. The third-order valence-electron chi connectivity index (χ3n) is 6.00. The number of halogens is 2. The van der Waals surface area contributed by atoms with Crippen molar-refractivity contribution in [2.75, 3.05) is 6.61 Å². The summed E-state index contributed by atoms with van der Waals surface area (Å²) >= 11 is 12.4. The van der Waals surface area contributed by atoms with Gasteiger partial charge in [-0.15, -0.1) is 0 Å². The zero-order chi connectivity index (χ0) is 25.2. The van der Waals surface area contributed by atoms with Gasteiger partial charge in [0.2, 0.25) is 10.0 Å². The van der Waals surface area contributed by atoms with Crippen LogP contribution in [-0.4, -0.2) is 25.3 Å². The molecule has 0 saturated heterocycles. The van der Waals surface area contributed by atoms with Crippen LogP contribution in [0.4, 0.5) is 0 Å². The van der Waals surface area contributed by atoms with E-state index in [4.69, 9.17) is 27.9 Å². The molecule has 0 fully saturated rings. The van der Waals surface area contributed by atoms with E-state index in [2.05, 4.69) is 0 Å². The van der Waals surface area contributed by atoms with Crippen molar-refractivity contribution in [2.45, 2.75) is 37.2 Å². The first kappa shape index (κ1) is 25.5. The van der Waals surface area contributed by atoms with Gasteiger partial charge in [0.15, 0.2) is 0 Å². The minimum absolute atomic E-state index is 0.170. The molecule has 182 valence electrons. The van der Waals surface area contributed by atoms with E-state index in [0.717, 1.165) is 5.56 Å². The van der Waals surface area contributed by atoms with Crippen molar-refractivity contribution < 1.29 is 17.9 Å². The smallest absolute Gasteiger partial charge is 0.335 e. The molecule has 35 heavy (non-hydrogen) atoms. The molecule has 1 unspecified atom stereocenters. The lowest BCUT2D eigenvalue weighted by Gasteiger charge is -2.41. The minimum atomic E-state index is -4.08. The number of nitrogens with zero attached hydrogens (tertiary/aromatic N) is 1. The van der Waals surface area contributed by atoms with Crippen molar-refractivity contribution in [3.63, 3.8) is 0 Å². The quantitative estimate of drug-likeness (QED) is 0.334. The standard InChI is InChI=1S/C27H25Cl2NO4S/c1-3-34-27(31)23-15-16-24(19-11-13-21(28)14-12-19)30(26(23)20-8-6-9-22(29)17-20)35(32,33)25-10-5-4-7-18(25)2/h4-15,17,24,26H,3,16H2,1-2H3/t24?,26-/m0/s1. The number of carbonyl (C=O) groups excluding carboxylic acids is 1. The Morgan fingerprint density at radius 1 is 0.971 bits per heavy atom. The van der Waals surface area contributed by atoms with Crippen molar-refractivity contribution in [2.24, 2.45) is 0 Å². The van der Waals surface area contributed by atoms with Crippen LogP contribution in [0.3, 0.4) is 0 Å². The monoisotopic (exact) mass is 529 g/mol. The fourth-order valence-corrected chi connectivity index (χ4v) is 6.75. The van der Waals surface area contributed by atoms with Crippen LogP contribution in [0.2, 0.25) is 10.0 Å². The van der Waals surface area contributed by atoms with E-state index < -0.39 is 28.1 Å². The lowest BCUT2D eigenvalue weighted by molar-refractivity contribution is -0.139. The van der Waals surface area contributed by atoms with Gasteiger partial charge in [-0.2, -0.15) is 4.31 Å². The Morgan fingerprint density at radius 3 is 2.34 bits per heavy atom. The first-order valence-corrected chi connectivity index (χ1v) is 13.4. The average molecular weight is 530 g/mol. The van der Waals surface area contributed by atoms with E-state index in [1.54, 1.807) is 80.6 Å². The number of hydrogen-bond donors (Lipinski definition) is 0. The first-order valence-electron chi connectivity index (χ1n) is 11.2. The molecule has 1 aliphatic heterocycles. The number of ether oxygens (including phenoxy) is 1. The third-order valence-corrected chi connectivity index (χ3v) is 8.52. The molecule has 0 saturated carbocycles. The SMILES string of the molecule is CCOC(=O)C1=CCC(c2ccc(Cl)cc2)N(S(=O)(=O)c2ccccc2C)[C@H]1c1cccc(Cl)c1. The molecule has 2 atom stereocenters. The summed E-state index contributed by atoms with van der Waals surface area (Å²) in [6, 6.07) is 19.3. The van der Waals surface area contributed by atoms with Crippen LogP contribution in [-0.2, 0) is 19.6 Å². The molecule has 0 aromatic heterocycles. The minimum Gasteiger partial charge on any atom is -0.463 e. The Labute approximate surface area is 216 Å². The van der Waals surface area contributed by atoms with Crippen molar-refractivity contribution >= 4 is 39.2 Å². The fourth-order valence-electron chi connectivity index (χ4n) is 4.42. The summed E-state index contributed by atoms with van der Waals surface area (Å²) in [6.45, 7) is 3.64. The lowest BCUT2D eigenvalue weighted by Crippen LogP contribution is -2.43. The van der Waals surface area contributed by atoms with E-state index in [0.29, 0.717) is 21.2 Å². The van der Waals surface area contributed by atoms with Crippen LogP contribution < -0.4 is 0 Å². The highest BCUT2D eigenvalue weighted by molar-refractivity contribution is 7.89. The second-order valence-corrected chi connectivity index (χ2v) is 10.9. The highest BCUT2D eigenvalue weighted by Gasteiger charge is 2.45. The van der Waals surface area contributed by atoms with Gasteiger partial charge in [-0.1, -0.05) is 71.7 Å². The summed E-state index contributed by atoms with van der Waals surface area (Å²) in [5.74, 6) is -0.558. The molecule has 1 aliphatic rings. The number of sulfonamides is 1. The molecule has 4 rings (SSSR count). The second-order valence-electron chi connectivity index (χ2n) is 8.24. The number of benzene rings is 3. The summed E-state index contributed by atoms with van der Waals surface area (Å²) in [5, 5.41) is 0.986. The third kappa shape index (κ3) is 5.16. The maximum Gasteiger partial charge on any atom is 0.335 e. The predicted octanol–water partition coefficient (Wildman–Crippen LogP) is 6.67. The van der Waals surface area contributed by atoms with E-state index >= 15 is 0 Å². The highest BCUT2D eigenvalue weighted by Crippen LogP contribution is 2.46. The first-order chi connectivity index (χ1) is 16.7. The van der Waals surface area contributed by atoms with Crippen LogP contribution in [0, 0.1) is 6.92 Å². The van der Waals surface area contributed by atoms with Crippen molar-refractivity contribution in [3.8, 4) is 0 Å². The fraction of sp³-hybridized carbons (Fsp3) is 0.222. The molecule has 3 aromatic carbocycles. The van der Waals surface area contributed by atoms with Crippen molar-refractivity contribution in [1.82, 2.24) is 4.31 Å².